The molecule has 0 spiro atoms. The average molecular weight is 414 g/mol. The first-order valence-electron chi connectivity index (χ1n) is 9.31. The Bertz CT molecular complexity index is 1180. The molecule has 0 aliphatic carbocycles. The van der Waals surface area contributed by atoms with Crippen LogP contribution >= 0.6 is 0 Å². The summed E-state index contributed by atoms with van der Waals surface area (Å²) >= 11 is 0. The van der Waals surface area contributed by atoms with Crippen molar-refractivity contribution in [2.75, 3.05) is 6.61 Å². The molecular formula is C21H18O9. The van der Waals surface area contributed by atoms with Crippen molar-refractivity contribution in [1.82, 2.24) is 0 Å². The molecule has 0 amide bonds. The van der Waals surface area contributed by atoms with Crippen LogP contribution in [0.1, 0.15) is 11.7 Å². The summed E-state index contributed by atoms with van der Waals surface area (Å²) in [6.07, 6.45) is -5.81. The van der Waals surface area contributed by atoms with Crippen molar-refractivity contribution in [3.8, 4) is 28.6 Å². The molecule has 1 unspecified atom stereocenters. The molecule has 5 rings (SSSR count). The minimum Gasteiger partial charge on any atom is -0.508 e. The summed E-state index contributed by atoms with van der Waals surface area (Å²) in [7, 11) is 0. The molecule has 0 radical (unpaired) electrons. The van der Waals surface area contributed by atoms with E-state index in [0.717, 1.165) is 0 Å². The monoisotopic (exact) mass is 414 g/mol. The van der Waals surface area contributed by atoms with Crippen molar-refractivity contribution < 1.29 is 39.4 Å². The average Bonchev–Trinajstić information content (AvgIpc) is 3.09. The van der Waals surface area contributed by atoms with Crippen LogP contribution in [0.5, 0.6) is 17.2 Å². The van der Waals surface area contributed by atoms with Crippen LogP contribution in [0.2, 0.25) is 0 Å². The molecule has 9 nitrogen and oxygen atoms in total. The highest BCUT2D eigenvalue weighted by atomic mass is 16.6. The van der Waals surface area contributed by atoms with E-state index in [1.54, 1.807) is 12.1 Å². The molecule has 9 heteroatoms. The lowest BCUT2D eigenvalue weighted by Crippen LogP contribution is -2.55. The van der Waals surface area contributed by atoms with E-state index in [1.165, 1.54) is 24.3 Å². The van der Waals surface area contributed by atoms with Crippen molar-refractivity contribution in [1.29, 1.82) is 0 Å². The lowest BCUT2D eigenvalue weighted by Gasteiger charge is -2.38. The van der Waals surface area contributed by atoms with E-state index in [2.05, 4.69) is 0 Å². The summed E-state index contributed by atoms with van der Waals surface area (Å²) in [6, 6.07) is 8.72. The Morgan fingerprint density at radius 2 is 1.73 bits per heavy atom. The summed E-state index contributed by atoms with van der Waals surface area (Å²) in [5.74, 6) is 0.0386. The van der Waals surface area contributed by atoms with Gasteiger partial charge in [0.1, 0.15) is 58.4 Å². The zero-order valence-corrected chi connectivity index (χ0v) is 15.4. The number of fused-ring (bicyclic) bond motifs is 4. The largest absolute Gasteiger partial charge is 0.508 e. The number of benzene rings is 2. The Morgan fingerprint density at radius 1 is 1.00 bits per heavy atom. The first kappa shape index (κ1) is 18.9. The first-order valence-corrected chi connectivity index (χ1v) is 9.31. The molecule has 30 heavy (non-hydrogen) atoms. The van der Waals surface area contributed by atoms with Crippen LogP contribution in [0.4, 0.5) is 0 Å². The lowest BCUT2D eigenvalue weighted by atomic mass is 9.92. The molecule has 2 aromatic carbocycles. The van der Waals surface area contributed by atoms with Gasteiger partial charge in [-0.3, -0.25) is 4.79 Å². The maximum Gasteiger partial charge on any atom is 0.197 e. The highest BCUT2D eigenvalue weighted by Crippen LogP contribution is 2.50. The van der Waals surface area contributed by atoms with Crippen LogP contribution in [-0.4, -0.2) is 56.6 Å². The number of aromatic hydroxyl groups is 2. The van der Waals surface area contributed by atoms with E-state index in [0.29, 0.717) is 5.56 Å². The predicted molar refractivity (Wildman–Crippen MR) is 102 cm³/mol. The molecule has 2 aliphatic heterocycles. The molecule has 156 valence electrons. The third kappa shape index (κ3) is 2.67. The van der Waals surface area contributed by atoms with Gasteiger partial charge in [0.25, 0.3) is 0 Å². The number of aliphatic hydroxyl groups is 3. The molecule has 0 bridgehead atoms. The highest BCUT2D eigenvalue weighted by molar-refractivity contribution is 5.88. The fraction of sp³-hybridized carbons (Fsp3) is 0.286. The van der Waals surface area contributed by atoms with E-state index in [1.807, 2.05) is 0 Å². The summed E-state index contributed by atoms with van der Waals surface area (Å²) in [5.41, 5.74) is 0.267. The fourth-order valence-electron chi connectivity index (χ4n) is 4.04. The Morgan fingerprint density at radius 3 is 2.43 bits per heavy atom. The fourth-order valence-corrected chi connectivity index (χ4v) is 4.04. The van der Waals surface area contributed by atoms with Gasteiger partial charge in [0.2, 0.25) is 0 Å². The van der Waals surface area contributed by atoms with E-state index in [4.69, 9.17) is 13.9 Å². The van der Waals surface area contributed by atoms with Crippen LogP contribution < -0.4 is 10.2 Å². The summed E-state index contributed by atoms with van der Waals surface area (Å²) in [6.45, 7) is -0.538. The molecule has 3 heterocycles. The molecule has 3 aromatic rings. The maximum atomic E-state index is 12.8. The Kier molecular flexibility index (Phi) is 4.23. The Hall–Kier alpha value is -3.11. The summed E-state index contributed by atoms with van der Waals surface area (Å²) < 4.78 is 17.1. The topological polar surface area (TPSA) is 150 Å². The molecule has 1 aromatic heterocycles. The normalized spacial score (nSPS) is 27.5. The van der Waals surface area contributed by atoms with Gasteiger partial charge in [-0.1, -0.05) is 0 Å². The van der Waals surface area contributed by atoms with Crippen LogP contribution in [0, 0.1) is 0 Å². The van der Waals surface area contributed by atoms with Gasteiger partial charge < -0.3 is 39.4 Å². The second kappa shape index (κ2) is 6.71. The minimum absolute atomic E-state index is 0.0641. The van der Waals surface area contributed by atoms with Gasteiger partial charge >= 0.3 is 0 Å². The molecule has 1 saturated heterocycles. The van der Waals surface area contributed by atoms with E-state index < -0.39 is 48.3 Å². The van der Waals surface area contributed by atoms with Gasteiger partial charge in [-0.25, -0.2) is 0 Å². The lowest BCUT2D eigenvalue weighted by molar-refractivity contribution is -0.215. The number of hydrogen-bond donors (Lipinski definition) is 5. The van der Waals surface area contributed by atoms with Gasteiger partial charge in [-0.2, -0.15) is 0 Å². The Labute approximate surface area is 169 Å². The number of rotatable bonds is 2. The highest BCUT2D eigenvalue weighted by Gasteiger charge is 2.52. The predicted octanol–water partition coefficient (Wildman–Crippen LogP) is 0.786. The molecule has 5 N–H and O–H groups in total. The van der Waals surface area contributed by atoms with Crippen LogP contribution in [0.25, 0.3) is 22.3 Å². The van der Waals surface area contributed by atoms with Gasteiger partial charge in [0, 0.05) is 17.7 Å². The van der Waals surface area contributed by atoms with Gasteiger partial charge in [0.05, 0.1) is 12.2 Å². The van der Waals surface area contributed by atoms with Crippen LogP contribution in [-0.2, 0) is 4.74 Å². The number of phenols is 2. The number of hydrogen-bond acceptors (Lipinski definition) is 9. The van der Waals surface area contributed by atoms with Crippen LogP contribution in [0.15, 0.2) is 45.6 Å². The third-order valence-electron chi connectivity index (χ3n) is 5.56. The first-order chi connectivity index (χ1) is 14.4. The zero-order chi connectivity index (χ0) is 21.2. The van der Waals surface area contributed by atoms with Crippen molar-refractivity contribution in [2.24, 2.45) is 0 Å². The zero-order valence-electron chi connectivity index (χ0n) is 15.4. The SMILES string of the molecule is O=c1cc(-c2ccc(O)cc2)oc2cc3c(c(O)c12)[C@@H]1O[C@H](CO)C(O)[C@H](O)[C@@H]1O3. The number of ether oxygens (including phenoxy) is 2. The van der Waals surface area contributed by atoms with Gasteiger partial charge in [0.15, 0.2) is 11.5 Å². The van der Waals surface area contributed by atoms with Crippen LogP contribution in [0.3, 0.4) is 0 Å². The number of aliphatic hydroxyl groups excluding tert-OH is 3. The number of phenolic OH excluding ortho intramolecular Hbond substituents is 2. The maximum absolute atomic E-state index is 12.8. The van der Waals surface area contributed by atoms with Crippen molar-refractivity contribution in [3.05, 3.63) is 52.2 Å². The van der Waals surface area contributed by atoms with Gasteiger partial charge in [-0.05, 0) is 24.3 Å². The van der Waals surface area contributed by atoms with E-state index in [9.17, 15) is 30.3 Å². The molecular weight excluding hydrogens is 396 g/mol. The molecule has 0 saturated carbocycles. The molecule has 2 aliphatic rings. The second-order valence-electron chi connectivity index (χ2n) is 7.37. The Balaban J connectivity index is 1.65. The van der Waals surface area contributed by atoms with Gasteiger partial charge in [-0.15, -0.1) is 0 Å². The van der Waals surface area contributed by atoms with E-state index in [-0.39, 0.29) is 33.8 Å². The quantitative estimate of drug-likeness (QED) is 0.410. The summed E-state index contributed by atoms with van der Waals surface area (Å²) in [4.78, 5) is 12.8. The van der Waals surface area contributed by atoms with Crippen molar-refractivity contribution >= 4 is 11.0 Å². The molecule has 1 fully saturated rings. The third-order valence-corrected chi connectivity index (χ3v) is 5.56. The standard InChI is InChI=1S/C21H18O9/c22-7-14-17(25)19(27)21-20(30-14)16-13(29-21)6-12-15(18(16)26)10(24)5-11(28-12)8-1-3-9(23)4-2-8/h1-6,14,17,19-23,25-27H,7H2/t14-,17?,19+,20+,21+/m1/s1. The summed E-state index contributed by atoms with van der Waals surface area (Å²) in [5, 5.41) is 50.1. The van der Waals surface area contributed by atoms with Crippen molar-refractivity contribution in [3.63, 3.8) is 0 Å². The molecule has 5 atom stereocenters. The second-order valence-corrected chi connectivity index (χ2v) is 7.37. The van der Waals surface area contributed by atoms with E-state index >= 15 is 0 Å². The minimum atomic E-state index is -1.37. The smallest absolute Gasteiger partial charge is 0.197 e. The van der Waals surface area contributed by atoms with Crippen molar-refractivity contribution in [2.45, 2.75) is 30.5 Å².